The summed E-state index contributed by atoms with van der Waals surface area (Å²) in [6, 6.07) is 101. The molecule has 0 bridgehead atoms. The fourth-order valence-corrected chi connectivity index (χ4v) is 13.9. The Morgan fingerprint density at radius 1 is 0.321 bits per heavy atom. The number of hydrogen-bond donors (Lipinski definition) is 0. The molecule has 0 fully saturated rings. The SMILES string of the molecule is [2H]c1c2c3c(c([2H])c1-n1c4ccc(-c5c6ccccc6cc6ccccc56)cc4c4cc(-c5c6ccccc6cc6cc(C(c7ccccc7)(c7ccccc7)c7ccccc7)ccc56)ccc41)Oc1ccccc1B3c1ccccc1O2. The lowest BCUT2D eigenvalue weighted by atomic mass is 9.35. The summed E-state index contributed by atoms with van der Waals surface area (Å²) in [4.78, 5) is 0. The molecule has 0 saturated carbocycles. The van der Waals surface area contributed by atoms with Crippen LogP contribution in [-0.4, -0.2) is 11.3 Å². The molecule has 3 heterocycles. The lowest BCUT2D eigenvalue weighted by molar-refractivity contribution is 0.464. The molecule has 2 aliphatic heterocycles. The quantitative estimate of drug-likeness (QED) is 0.0902. The smallest absolute Gasteiger partial charge is 0.260 e. The van der Waals surface area contributed by atoms with Gasteiger partial charge in [0, 0.05) is 28.3 Å². The van der Waals surface area contributed by atoms with E-state index < -0.39 is 5.41 Å². The maximum Gasteiger partial charge on any atom is 0.260 e. The number of para-hydroxylation sites is 2. The lowest BCUT2D eigenvalue weighted by Gasteiger charge is -2.37. The minimum Gasteiger partial charge on any atom is -0.458 e. The van der Waals surface area contributed by atoms with E-state index in [1.165, 1.54) is 43.8 Å². The summed E-state index contributed by atoms with van der Waals surface area (Å²) in [6.07, 6.45) is 0. The van der Waals surface area contributed by atoms with Gasteiger partial charge < -0.3 is 14.0 Å². The molecule has 0 N–H and O–H groups in total. The van der Waals surface area contributed by atoms with Crippen LogP contribution >= 0.6 is 0 Å². The number of rotatable bonds is 7. The van der Waals surface area contributed by atoms with E-state index in [-0.39, 0.29) is 18.8 Å². The molecule has 17 rings (SSSR count). The molecule has 15 aromatic rings. The van der Waals surface area contributed by atoms with E-state index in [0.29, 0.717) is 34.1 Å². The van der Waals surface area contributed by atoms with Crippen molar-refractivity contribution in [2.24, 2.45) is 0 Å². The van der Waals surface area contributed by atoms with Crippen molar-refractivity contribution in [3.05, 3.63) is 313 Å². The minimum atomic E-state index is -0.621. The van der Waals surface area contributed by atoms with E-state index in [1.54, 1.807) is 0 Å². The summed E-state index contributed by atoms with van der Waals surface area (Å²) in [5, 5.41) is 11.3. The topological polar surface area (TPSA) is 23.4 Å². The van der Waals surface area contributed by atoms with Gasteiger partial charge in [0.1, 0.15) is 23.0 Å². The summed E-state index contributed by atoms with van der Waals surface area (Å²) in [7, 11) is 0. The predicted molar refractivity (Wildman–Crippen MR) is 338 cm³/mol. The van der Waals surface area contributed by atoms with Crippen LogP contribution in [-0.2, 0) is 5.41 Å². The van der Waals surface area contributed by atoms with Crippen LogP contribution in [0, 0.1) is 0 Å². The summed E-state index contributed by atoms with van der Waals surface area (Å²) >= 11 is 0. The van der Waals surface area contributed by atoms with Crippen LogP contribution in [0.15, 0.2) is 291 Å². The van der Waals surface area contributed by atoms with Gasteiger partial charge >= 0.3 is 0 Å². The zero-order valence-corrected chi connectivity index (χ0v) is 43.9. The van der Waals surface area contributed by atoms with Gasteiger partial charge in [-0.3, -0.25) is 0 Å². The number of nitrogens with zero attached hydrogens (tertiary/aromatic N) is 1. The van der Waals surface area contributed by atoms with Gasteiger partial charge in [-0.1, -0.05) is 224 Å². The largest absolute Gasteiger partial charge is 0.458 e. The van der Waals surface area contributed by atoms with Gasteiger partial charge in [-0.2, -0.15) is 0 Å². The van der Waals surface area contributed by atoms with Gasteiger partial charge in [0.15, 0.2) is 0 Å². The maximum absolute atomic E-state index is 10.3. The van der Waals surface area contributed by atoms with Crippen LogP contribution in [0.4, 0.5) is 0 Å². The molecule has 0 atom stereocenters. The van der Waals surface area contributed by atoms with E-state index >= 15 is 0 Å². The van der Waals surface area contributed by atoms with Gasteiger partial charge in [0.25, 0.3) is 6.71 Å². The first-order chi connectivity index (χ1) is 41.0. The highest BCUT2D eigenvalue weighted by atomic mass is 16.5. The summed E-state index contributed by atoms with van der Waals surface area (Å²) in [5.74, 6) is 2.21. The van der Waals surface area contributed by atoms with Gasteiger partial charge in [-0.05, 0) is 153 Å². The standard InChI is InChI=1S/C77H48BNO2/c1-4-23-55(24-5-1)77(56-25-6-2-7-26-56,57-27-8-3-9-28-57)58-38-39-63-54(44-58)43-51-22-12-15-31-62(51)75(63)53-37-41-69-65(46-53)64-45-52(74-60-29-13-10-20-49(60)42-50-21-11-14-30-61(50)74)36-40-68(64)79(69)59-47-72-76-73(48-59)81-71-35-19-17-33-67(71)78(76)66-32-16-18-34-70(66)80-72/h1-48H/i47D,48D. The molecular formula is C77H48BNO2. The number of benzene rings is 14. The third kappa shape index (κ3) is 6.84. The van der Waals surface area contributed by atoms with Crippen molar-refractivity contribution < 1.29 is 12.2 Å². The fraction of sp³-hybridized carbons (Fsp3) is 0.0130. The number of ether oxygens (including phenoxy) is 2. The van der Waals surface area contributed by atoms with Crippen molar-refractivity contribution in [3.63, 3.8) is 0 Å². The Kier molecular flexibility index (Phi) is 9.57. The van der Waals surface area contributed by atoms with Crippen molar-refractivity contribution in [2.45, 2.75) is 5.41 Å². The molecule has 4 heteroatoms. The molecule has 0 unspecified atom stereocenters. The summed E-state index contributed by atoms with van der Waals surface area (Å²) in [5.41, 5.74) is 13.4. The van der Waals surface area contributed by atoms with Crippen molar-refractivity contribution >= 4 is 88.0 Å². The minimum absolute atomic E-state index is 0.136. The Bertz CT molecular complexity index is 4970. The Hall–Kier alpha value is -10.4. The number of aromatic nitrogens is 1. The first kappa shape index (κ1) is 43.6. The van der Waals surface area contributed by atoms with Crippen molar-refractivity contribution in [2.75, 3.05) is 0 Å². The van der Waals surface area contributed by atoms with E-state index in [1.807, 2.05) is 36.4 Å². The van der Waals surface area contributed by atoms with E-state index in [0.717, 1.165) is 76.5 Å². The average Bonchev–Trinajstić information content (AvgIpc) is 2.71. The Morgan fingerprint density at radius 3 is 1.21 bits per heavy atom. The molecule has 81 heavy (non-hydrogen) atoms. The molecular weight excluding hydrogens is 982 g/mol. The fourth-order valence-electron chi connectivity index (χ4n) is 13.9. The van der Waals surface area contributed by atoms with Crippen LogP contribution in [0.2, 0.25) is 0 Å². The molecule has 0 radical (unpaired) electrons. The van der Waals surface area contributed by atoms with Crippen LogP contribution < -0.4 is 25.9 Å². The molecule has 0 aliphatic carbocycles. The maximum atomic E-state index is 10.3. The first-order valence-corrected chi connectivity index (χ1v) is 27.8. The number of hydrogen-bond acceptors (Lipinski definition) is 2. The van der Waals surface area contributed by atoms with Crippen molar-refractivity contribution in [1.82, 2.24) is 4.57 Å². The van der Waals surface area contributed by atoms with E-state index in [2.05, 4.69) is 247 Å². The van der Waals surface area contributed by atoms with Crippen molar-refractivity contribution in [1.29, 1.82) is 0 Å². The van der Waals surface area contributed by atoms with Crippen LogP contribution in [0.3, 0.4) is 0 Å². The lowest BCUT2D eigenvalue weighted by Crippen LogP contribution is -2.57. The van der Waals surface area contributed by atoms with Gasteiger partial charge in [0.05, 0.1) is 24.9 Å². The third-order valence-electron chi connectivity index (χ3n) is 17.4. The summed E-state index contributed by atoms with van der Waals surface area (Å²) in [6.45, 7) is -0.269. The Labute approximate surface area is 472 Å². The molecule has 0 amide bonds. The Balaban J connectivity index is 0.943. The second-order valence-corrected chi connectivity index (χ2v) is 21.6. The van der Waals surface area contributed by atoms with E-state index in [9.17, 15) is 2.74 Å². The zero-order valence-electron chi connectivity index (χ0n) is 45.9. The first-order valence-electron chi connectivity index (χ1n) is 28.8. The molecule has 376 valence electrons. The second-order valence-electron chi connectivity index (χ2n) is 21.6. The average molecular weight is 1030 g/mol. The van der Waals surface area contributed by atoms with E-state index in [4.69, 9.17) is 9.47 Å². The summed E-state index contributed by atoms with van der Waals surface area (Å²) < 4.78 is 36.5. The highest BCUT2D eigenvalue weighted by Gasteiger charge is 2.41. The van der Waals surface area contributed by atoms with Gasteiger partial charge in [0.2, 0.25) is 0 Å². The predicted octanol–water partition coefficient (Wildman–Crippen LogP) is 17.8. The highest BCUT2D eigenvalue weighted by molar-refractivity contribution is 6.98. The molecule has 3 nitrogen and oxygen atoms in total. The van der Waals surface area contributed by atoms with Crippen LogP contribution in [0.1, 0.15) is 25.0 Å². The molecule has 0 spiro atoms. The Morgan fingerprint density at radius 2 is 0.728 bits per heavy atom. The van der Waals surface area contributed by atoms with Gasteiger partial charge in [-0.15, -0.1) is 0 Å². The second kappa shape index (κ2) is 17.8. The molecule has 1 aromatic heterocycles. The van der Waals surface area contributed by atoms with Crippen LogP contribution in [0.25, 0.3) is 92.8 Å². The molecule has 0 saturated heterocycles. The normalized spacial score (nSPS) is 13.0. The number of fused-ring (bicyclic) bond motifs is 11. The molecule has 2 aliphatic rings. The highest BCUT2D eigenvalue weighted by Crippen LogP contribution is 2.49. The van der Waals surface area contributed by atoms with Crippen LogP contribution in [0.5, 0.6) is 23.0 Å². The molecule has 14 aromatic carbocycles. The van der Waals surface area contributed by atoms with Gasteiger partial charge in [-0.25, -0.2) is 0 Å². The third-order valence-corrected chi connectivity index (χ3v) is 17.4. The zero-order chi connectivity index (χ0) is 54.9. The van der Waals surface area contributed by atoms with Crippen molar-refractivity contribution in [3.8, 4) is 50.9 Å². The monoisotopic (exact) mass is 1030 g/mol.